The van der Waals surface area contributed by atoms with Crippen LogP contribution in [0.2, 0.25) is 0 Å². The van der Waals surface area contributed by atoms with E-state index in [1.165, 1.54) is 7.11 Å². The molecule has 0 bridgehead atoms. The molecule has 2 aromatic rings. The van der Waals surface area contributed by atoms with Crippen molar-refractivity contribution in [3.63, 3.8) is 0 Å². The number of fused-ring (bicyclic) bond motifs is 2. The van der Waals surface area contributed by atoms with Gasteiger partial charge < -0.3 is 15.4 Å². The number of aryl methyl sites for hydroxylation is 2. The second-order valence-electron chi connectivity index (χ2n) is 7.84. The minimum atomic E-state index is -1.09. The molecule has 1 fully saturated rings. The normalized spacial score (nSPS) is 20.5. The third-order valence-corrected chi connectivity index (χ3v) is 5.83. The molecule has 2 aromatic carbocycles. The van der Waals surface area contributed by atoms with Crippen LogP contribution in [-0.2, 0) is 21.5 Å². The van der Waals surface area contributed by atoms with E-state index in [0.717, 1.165) is 40.9 Å². The summed E-state index contributed by atoms with van der Waals surface area (Å²) in [5.74, 6) is -0.310. The van der Waals surface area contributed by atoms with Crippen LogP contribution in [-0.4, -0.2) is 36.4 Å². The molecule has 4 amide bonds. The van der Waals surface area contributed by atoms with Gasteiger partial charge in [0.2, 0.25) is 5.91 Å². The van der Waals surface area contributed by atoms with Crippen LogP contribution < -0.4 is 15.4 Å². The first-order valence-electron chi connectivity index (χ1n) is 10.1. The zero-order valence-electron chi connectivity index (χ0n) is 17.2. The lowest BCUT2D eigenvalue weighted by molar-refractivity contribution is -0.134. The second-order valence-corrected chi connectivity index (χ2v) is 7.84. The van der Waals surface area contributed by atoms with Gasteiger partial charge in [-0.05, 0) is 61.4 Å². The molecule has 1 spiro atoms. The number of rotatable bonds is 4. The van der Waals surface area contributed by atoms with Crippen LogP contribution in [0.25, 0.3) is 0 Å². The summed E-state index contributed by atoms with van der Waals surface area (Å²) in [6.45, 7) is 1.55. The highest BCUT2D eigenvalue weighted by molar-refractivity contribution is 6.10. The van der Waals surface area contributed by atoms with Crippen molar-refractivity contribution in [1.82, 2.24) is 10.2 Å². The number of methoxy groups -OCH3 is 1. The van der Waals surface area contributed by atoms with Crippen molar-refractivity contribution in [2.24, 2.45) is 0 Å². The molecule has 156 valence electrons. The highest BCUT2D eigenvalue weighted by Crippen LogP contribution is 2.39. The average Bonchev–Trinajstić information content (AvgIpc) is 2.87. The van der Waals surface area contributed by atoms with Crippen LogP contribution in [0.1, 0.15) is 36.0 Å². The Morgan fingerprint density at radius 1 is 1.20 bits per heavy atom. The Morgan fingerprint density at radius 2 is 2.00 bits per heavy atom. The molecule has 7 nitrogen and oxygen atoms in total. The lowest BCUT2D eigenvalue weighted by Crippen LogP contribution is -2.44. The fourth-order valence-electron chi connectivity index (χ4n) is 4.37. The highest BCUT2D eigenvalue weighted by atomic mass is 16.5. The van der Waals surface area contributed by atoms with Crippen LogP contribution in [0, 0.1) is 6.92 Å². The van der Waals surface area contributed by atoms with E-state index >= 15 is 0 Å². The molecule has 1 heterocycles. The molecule has 7 heteroatoms. The van der Waals surface area contributed by atoms with Gasteiger partial charge in [-0.3, -0.25) is 14.5 Å². The number of anilines is 1. The first-order chi connectivity index (χ1) is 14.4. The number of urea groups is 1. The number of ether oxygens (including phenoxy) is 1. The minimum absolute atomic E-state index is 0.355. The van der Waals surface area contributed by atoms with E-state index in [-0.39, 0.29) is 12.5 Å². The molecule has 1 unspecified atom stereocenters. The molecule has 4 rings (SSSR count). The van der Waals surface area contributed by atoms with Gasteiger partial charge in [0.1, 0.15) is 17.8 Å². The molecule has 2 aliphatic rings. The quantitative estimate of drug-likeness (QED) is 0.763. The van der Waals surface area contributed by atoms with Crippen molar-refractivity contribution >= 4 is 23.5 Å². The summed E-state index contributed by atoms with van der Waals surface area (Å²) in [6, 6.07) is 12.6. The Labute approximate surface area is 175 Å². The lowest BCUT2D eigenvalue weighted by atomic mass is 9.84. The van der Waals surface area contributed by atoms with Crippen molar-refractivity contribution in [1.29, 1.82) is 0 Å². The van der Waals surface area contributed by atoms with E-state index in [9.17, 15) is 14.4 Å². The van der Waals surface area contributed by atoms with E-state index in [2.05, 4.69) is 10.6 Å². The second kappa shape index (κ2) is 7.82. The maximum Gasteiger partial charge on any atom is 0.325 e. The van der Waals surface area contributed by atoms with Crippen LogP contribution >= 0.6 is 0 Å². The first-order valence-corrected chi connectivity index (χ1v) is 10.1. The maximum absolute atomic E-state index is 13.4. The van der Waals surface area contributed by atoms with Crippen LogP contribution in [0.3, 0.4) is 0 Å². The SMILES string of the molecule is COc1ccc(C)cc1NC(=O)CN1C(=O)NC2(CCCCc3ccccc32)C1=O. The van der Waals surface area contributed by atoms with Gasteiger partial charge >= 0.3 is 6.03 Å². The van der Waals surface area contributed by atoms with E-state index in [4.69, 9.17) is 4.74 Å². The summed E-state index contributed by atoms with van der Waals surface area (Å²) in [5, 5.41) is 5.65. The van der Waals surface area contributed by atoms with Gasteiger partial charge in [0, 0.05) is 0 Å². The van der Waals surface area contributed by atoms with Crippen molar-refractivity contribution in [2.45, 2.75) is 38.1 Å². The fourth-order valence-corrected chi connectivity index (χ4v) is 4.37. The zero-order valence-corrected chi connectivity index (χ0v) is 17.2. The smallest absolute Gasteiger partial charge is 0.325 e. The number of nitrogens with one attached hydrogen (secondary N) is 2. The Kier molecular flexibility index (Phi) is 5.20. The number of imide groups is 1. The number of amides is 4. The van der Waals surface area contributed by atoms with Gasteiger partial charge in [-0.25, -0.2) is 4.79 Å². The summed E-state index contributed by atoms with van der Waals surface area (Å²) in [6.07, 6.45) is 3.17. The molecule has 1 aliphatic heterocycles. The predicted octanol–water partition coefficient (Wildman–Crippen LogP) is 3.12. The predicted molar refractivity (Wildman–Crippen MR) is 112 cm³/mol. The molecule has 0 saturated carbocycles. The largest absolute Gasteiger partial charge is 0.495 e. The minimum Gasteiger partial charge on any atom is -0.495 e. The molecule has 1 atom stereocenters. The number of carbonyl (C=O) groups is 3. The fraction of sp³-hybridized carbons (Fsp3) is 0.348. The van der Waals surface area contributed by atoms with E-state index < -0.39 is 17.5 Å². The van der Waals surface area contributed by atoms with Gasteiger partial charge in [0.25, 0.3) is 5.91 Å². The van der Waals surface area contributed by atoms with Gasteiger partial charge in [-0.2, -0.15) is 0 Å². The lowest BCUT2D eigenvalue weighted by Gasteiger charge is -2.27. The first kappa shape index (κ1) is 19.9. The molecule has 0 aromatic heterocycles. The highest BCUT2D eigenvalue weighted by Gasteiger charge is 2.53. The standard InChI is InChI=1S/C23H25N3O4/c1-15-10-11-19(30-2)18(13-15)24-20(27)14-26-21(28)23(25-22(26)29)12-6-5-8-16-7-3-4-9-17(16)23/h3-4,7,9-11,13H,5-6,8,12,14H2,1-2H3,(H,24,27)(H,25,29). The van der Waals surface area contributed by atoms with Crippen LogP contribution in [0.4, 0.5) is 10.5 Å². The molecule has 0 radical (unpaired) electrons. The number of benzene rings is 2. The van der Waals surface area contributed by atoms with Gasteiger partial charge in [-0.1, -0.05) is 30.3 Å². The summed E-state index contributed by atoms with van der Waals surface area (Å²) in [4.78, 5) is 39.8. The topological polar surface area (TPSA) is 87.7 Å². The average molecular weight is 407 g/mol. The van der Waals surface area contributed by atoms with E-state index in [1.807, 2.05) is 37.3 Å². The molecule has 2 N–H and O–H groups in total. The van der Waals surface area contributed by atoms with Crippen molar-refractivity contribution in [3.05, 3.63) is 59.2 Å². The molecule has 1 saturated heterocycles. The van der Waals surface area contributed by atoms with Crippen molar-refractivity contribution in [2.75, 3.05) is 19.0 Å². The zero-order chi connectivity index (χ0) is 21.3. The molecular weight excluding hydrogens is 382 g/mol. The maximum atomic E-state index is 13.4. The monoisotopic (exact) mass is 407 g/mol. The Hall–Kier alpha value is -3.35. The van der Waals surface area contributed by atoms with Crippen molar-refractivity contribution < 1.29 is 19.1 Å². The summed E-state index contributed by atoms with van der Waals surface area (Å²) in [5.41, 5.74) is 2.27. The number of carbonyl (C=O) groups excluding carboxylic acids is 3. The number of hydrogen-bond donors (Lipinski definition) is 2. The van der Waals surface area contributed by atoms with Crippen LogP contribution in [0.5, 0.6) is 5.75 Å². The summed E-state index contributed by atoms with van der Waals surface area (Å²) in [7, 11) is 1.52. The third-order valence-electron chi connectivity index (χ3n) is 5.83. The summed E-state index contributed by atoms with van der Waals surface area (Å²) >= 11 is 0. The molecule has 1 aliphatic carbocycles. The third kappa shape index (κ3) is 3.40. The van der Waals surface area contributed by atoms with Gasteiger partial charge in [0.05, 0.1) is 12.8 Å². The molecule has 30 heavy (non-hydrogen) atoms. The van der Waals surface area contributed by atoms with Crippen LogP contribution in [0.15, 0.2) is 42.5 Å². The van der Waals surface area contributed by atoms with Gasteiger partial charge in [-0.15, -0.1) is 0 Å². The molecular formula is C23H25N3O4. The Balaban J connectivity index is 1.57. The Bertz CT molecular complexity index is 1020. The number of nitrogens with zero attached hydrogens (tertiary/aromatic N) is 1. The van der Waals surface area contributed by atoms with Crippen molar-refractivity contribution in [3.8, 4) is 5.75 Å². The summed E-state index contributed by atoms with van der Waals surface area (Å²) < 4.78 is 5.28. The van der Waals surface area contributed by atoms with E-state index in [0.29, 0.717) is 17.9 Å². The van der Waals surface area contributed by atoms with Gasteiger partial charge in [0.15, 0.2) is 0 Å². The van der Waals surface area contributed by atoms with E-state index in [1.54, 1.807) is 12.1 Å². The Morgan fingerprint density at radius 3 is 2.80 bits per heavy atom. The number of hydrogen-bond acceptors (Lipinski definition) is 4.